The Labute approximate surface area is 111 Å². The number of aliphatic hydroxyl groups excluding tert-OH is 1. The van der Waals surface area contributed by atoms with Crippen molar-refractivity contribution in [2.75, 3.05) is 0 Å². The fraction of sp³-hybridized carbons (Fsp3) is 0.571. The molecule has 2 rings (SSSR count). The van der Waals surface area contributed by atoms with Gasteiger partial charge in [-0.1, -0.05) is 25.0 Å². The maximum Gasteiger partial charge on any atom is 0.387 e. The van der Waals surface area contributed by atoms with E-state index >= 15 is 0 Å². The quantitative estimate of drug-likeness (QED) is 0.865. The van der Waals surface area contributed by atoms with Gasteiger partial charge in [0.05, 0.1) is 6.10 Å². The second-order valence-corrected chi connectivity index (χ2v) is 4.86. The van der Waals surface area contributed by atoms with E-state index in [4.69, 9.17) is 0 Å². The van der Waals surface area contributed by atoms with Crippen LogP contribution in [0, 0.1) is 0 Å². The Balaban J connectivity index is 1.82. The average Bonchev–Trinajstić information content (AvgIpc) is 2.39. The van der Waals surface area contributed by atoms with E-state index in [0.717, 1.165) is 31.2 Å². The Bertz CT molecular complexity index is 384. The molecule has 0 saturated heterocycles. The number of ether oxygens (including phenoxy) is 1. The third kappa shape index (κ3) is 4.44. The molecule has 0 bridgehead atoms. The van der Waals surface area contributed by atoms with Gasteiger partial charge in [0, 0.05) is 12.6 Å². The highest BCUT2D eigenvalue weighted by atomic mass is 19.3. The van der Waals surface area contributed by atoms with E-state index < -0.39 is 6.61 Å². The number of hydrogen-bond donors (Lipinski definition) is 2. The number of alkyl halides is 2. The lowest BCUT2D eigenvalue weighted by molar-refractivity contribution is -0.0498. The fourth-order valence-electron chi connectivity index (χ4n) is 2.39. The normalized spacial score (nSPS) is 23.6. The molecular formula is C14H19F2NO2. The van der Waals surface area contributed by atoms with Crippen LogP contribution in [0.2, 0.25) is 0 Å². The lowest BCUT2D eigenvalue weighted by Gasteiger charge is -2.28. The minimum atomic E-state index is -2.79. The van der Waals surface area contributed by atoms with Crippen LogP contribution in [0.1, 0.15) is 31.2 Å². The molecule has 2 atom stereocenters. The van der Waals surface area contributed by atoms with Crippen molar-refractivity contribution in [3.63, 3.8) is 0 Å². The van der Waals surface area contributed by atoms with Crippen LogP contribution in [0.3, 0.4) is 0 Å². The first kappa shape index (κ1) is 14.2. The summed E-state index contributed by atoms with van der Waals surface area (Å²) in [4.78, 5) is 0. The van der Waals surface area contributed by atoms with Crippen molar-refractivity contribution in [3.8, 4) is 5.75 Å². The van der Waals surface area contributed by atoms with Gasteiger partial charge in [0.15, 0.2) is 0 Å². The number of rotatable bonds is 5. The number of benzene rings is 1. The molecule has 1 aliphatic rings. The Hall–Kier alpha value is -1.20. The second kappa shape index (κ2) is 6.82. The van der Waals surface area contributed by atoms with Crippen LogP contribution in [0.5, 0.6) is 5.75 Å². The van der Waals surface area contributed by atoms with Crippen molar-refractivity contribution >= 4 is 0 Å². The van der Waals surface area contributed by atoms with Crippen LogP contribution in [-0.4, -0.2) is 23.9 Å². The number of aliphatic hydroxyl groups is 1. The van der Waals surface area contributed by atoms with E-state index in [9.17, 15) is 13.9 Å². The summed E-state index contributed by atoms with van der Waals surface area (Å²) in [5, 5.41) is 13.1. The van der Waals surface area contributed by atoms with Gasteiger partial charge in [-0.3, -0.25) is 0 Å². The number of hydrogen-bond acceptors (Lipinski definition) is 3. The third-order valence-electron chi connectivity index (χ3n) is 3.45. The largest absolute Gasteiger partial charge is 0.435 e. The summed E-state index contributed by atoms with van der Waals surface area (Å²) in [6.07, 6.45) is 3.76. The molecule has 0 aromatic heterocycles. The second-order valence-electron chi connectivity index (χ2n) is 4.86. The van der Waals surface area contributed by atoms with Crippen LogP contribution >= 0.6 is 0 Å². The molecule has 0 aliphatic heterocycles. The van der Waals surface area contributed by atoms with Gasteiger partial charge in [0.25, 0.3) is 0 Å². The summed E-state index contributed by atoms with van der Waals surface area (Å²) in [7, 11) is 0. The van der Waals surface area contributed by atoms with E-state index in [1.54, 1.807) is 12.1 Å². The highest BCUT2D eigenvalue weighted by molar-refractivity contribution is 5.27. The summed E-state index contributed by atoms with van der Waals surface area (Å²) < 4.78 is 28.3. The molecule has 2 unspecified atom stereocenters. The highest BCUT2D eigenvalue weighted by Crippen LogP contribution is 2.19. The third-order valence-corrected chi connectivity index (χ3v) is 3.45. The molecule has 0 radical (unpaired) electrons. The molecule has 0 heterocycles. The number of nitrogens with one attached hydrogen (secondary N) is 1. The SMILES string of the molecule is OC1CCCCC1NCc1ccc(OC(F)F)cc1. The van der Waals surface area contributed by atoms with Crippen LogP contribution in [0.25, 0.3) is 0 Å². The van der Waals surface area contributed by atoms with E-state index in [1.807, 2.05) is 0 Å². The maximum atomic E-state index is 12.0. The Morgan fingerprint density at radius 3 is 2.53 bits per heavy atom. The summed E-state index contributed by atoms with van der Waals surface area (Å²) in [6.45, 7) is -2.17. The minimum absolute atomic E-state index is 0.130. The molecular weight excluding hydrogens is 252 g/mol. The van der Waals surface area contributed by atoms with E-state index in [1.165, 1.54) is 12.1 Å². The van der Waals surface area contributed by atoms with Gasteiger partial charge >= 0.3 is 6.61 Å². The molecule has 0 spiro atoms. The molecule has 0 amide bonds. The van der Waals surface area contributed by atoms with Crippen molar-refractivity contribution < 1.29 is 18.6 Å². The summed E-state index contributed by atoms with van der Waals surface area (Å²) in [6, 6.07) is 6.69. The Morgan fingerprint density at radius 1 is 1.21 bits per heavy atom. The zero-order valence-electron chi connectivity index (χ0n) is 10.7. The molecule has 3 nitrogen and oxygen atoms in total. The monoisotopic (exact) mass is 271 g/mol. The van der Waals surface area contributed by atoms with Gasteiger partial charge < -0.3 is 15.2 Å². The molecule has 1 fully saturated rings. The first-order chi connectivity index (χ1) is 9.15. The van der Waals surface area contributed by atoms with E-state index in [2.05, 4.69) is 10.1 Å². The van der Waals surface area contributed by atoms with Crippen molar-refractivity contribution in [1.29, 1.82) is 0 Å². The van der Waals surface area contributed by atoms with Crippen molar-refractivity contribution in [3.05, 3.63) is 29.8 Å². The lowest BCUT2D eigenvalue weighted by atomic mass is 9.92. The lowest BCUT2D eigenvalue weighted by Crippen LogP contribution is -2.41. The van der Waals surface area contributed by atoms with Gasteiger partial charge in [-0.05, 0) is 30.5 Å². The van der Waals surface area contributed by atoms with Gasteiger partial charge in [0.1, 0.15) is 5.75 Å². The zero-order chi connectivity index (χ0) is 13.7. The standard InChI is InChI=1S/C14H19F2NO2/c15-14(16)19-11-7-5-10(6-8-11)9-17-12-3-1-2-4-13(12)18/h5-8,12-14,17-18H,1-4,9H2. The predicted octanol–water partition coefficient (Wildman–Crippen LogP) is 2.68. The maximum absolute atomic E-state index is 12.0. The molecule has 1 aromatic carbocycles. The van der Waals surface area contributed by atoms with Crippen LogP contribution in [0.15, 0.2) is 24.3 Å². The molecule has 2 N–H and O–H groups in total. The minimum Gasteiger partial charge on any atom is -0.435 e. The van der Waals surface area contributed by atoms with Crippen molar-refractivity contribution in [2.45, 2.75) is 51.0 Å². The van der Waals surface area contributed by atoms with Gasteiger partial charge in [0.2, 0.25) is 0 Å². The first-order valence-corrected chi connectivity index (χ1v) is 6.60. The van der Waals surface area contributed by atoms with Crippen molar-refractivity contribution in [1.82, 2.24) is 5.32 Å². The zero-order valence-corrected chi connectivity index (χ0v) is 10.7. The summed E-state index contributed by atoms with van der Waals surface area (Å²) in [5.74, 6) is 0.163. The highest BCUT2D eigenvalue weighted by Gasteiger charge is 2.22. The molecule has 1 saturated carbocycles. The van der Waals surface area contributed by atoms with E-state index in [0.29, 0.717) is 6.54 Å². The molecule has 1 aromatic rings. The first-order valence-electron chi connectivity index (χ1n) is 6.60. The Kier molecular flexibility index (Phi) is 5.10. The van der Waals surface area contributed by atoms with Gasteiger partial charge in [-0.15, -0.1) is 0 Å². The predicted molar refractivity (Wildman–Crippen MR) is 68.2 cm³/mol. The molecule has 5 heteroatoms. The smallest absolute Gasteiger partial charge is 0.387 e. The molecule has 1 aliphatic carbocycles. The number of halogens is 2. The van der Waals surface area contributed by atoms with Crippen LogP contribution in [-0.2, 0) is 6.54 Å². The average molecular weight is 271 g/mol. The Morgan fingerprint density at radius 2 is 1.89 bits per heavy atom. The van der Waals surface area contributed by atoms with Gasteiger partial charge in [-0.25, -0.2) is 0 Å². The fourth-order valence-corrected chi connectivity index (χ4v) is 2.39. The molecule has 19 heavy (non-hydrogen) atoms. The summed E-state index contributed by atoms with van der Waals surface area (Å²) >= 11 is 0. The van der Waals surface area contributed by atoms with Crippen molar-refractivity contribution in [2.24, 2.45) is 0 Å². The van der Waals surface area contributed by atoms with Crippen LogP contribution < -0.4 is 10.1 Å². The molecule has 106 valence electrons. The van der Waals surface area contributed by atoms with Gasteiger partial charge in [-0.2, -0.15) is 8.78 Å². The van der Waals surface area contributed by atoms with Crippen LogP contribution in [0.4, 0.5) is 8.78 Å². The topological polar surface area (TPSA) is 41.5 Å². The van der Waals surface area contributed by atoms with E-state index in [-0.39, 0.29) is 17.9 Å². The summed E-state index contributed by atoms with van der Waals surface area (Å²) in [5.41, 5.74) is 0.986.